The zero-order chi connectivity index (χ0) is 31.6. The van der Waals surface area contributed by atoms with Crippen molar-refractivity contribution in [2.45, 2.75) is 51.9 Å². The summed E-state index contributed by atoms with van der Waals surface area (Å²) < 4.78 is 39.6. The van der Waals surface area contributed by atoms with Gasteiger partial charge in [0.1, 0.15) is 0 Å². The van der Waals surface area contributed by atoms with E-state index in [4.69, 9.17) is 9.97 Å². The Kier molecular flexibility index (Phi) is 9.08. The average Bonchev–Trinajstić information content (AvgIpc) is 3.62. The van der Waals surface area contributed by atoms with Crippen molar-refractivity contribution in [3.63, 3.8) is 0 Å². The van der Waals surface area contributed by atoms with Gasteiger partial charge in [-0.2, -0.15) is 13.2 Å². The van der Waals surface area contributed by atoms with Gasteiger partial charge in [-0.05, 0) is 91.6 Å². The van der Waals surface area contributed by atoms with Crippen LogP contribution in [0.1, 0.15) is 44.2 Å². The smallest absolute Gasteiger partial charge is 0.345 e. The Morgan fingerprint density at radius 3 is 2.11 bits per heavy atom. The Labute approximate surface area is 264 Å². The molecule has 1 unspecified atom stereocenters. The van der Waals surface area contributed by atoms with Crippen LogP contribution in [0, 0.1) is 17.8 Å². The lowest BCUT2D eigenvalue weighted by Crippen LogP contribution is -2.36. The number of hydrogen-bond donors (Lipinski definition) is 0. The second-order valence-electron chi connectivity index (χ2n) is 13.0. The minimum absolute atomic E-state index is 0.286. The Morgan fingerprint density at radius 2 is 1.49 bits per heavy atom. The van der Waals surface area contributed by atoms with Crippen LogP contribution < -0.4 is 9.80 Å². The standard InChI is InChI=1S/C36H41F3N6/c1-25(2)15-19-44-23-28-20-33(21-29(28)24-44)45(22-26-4-10-31(11-5-26)43(3)32-12-16-40-17-13-32)35-41-18-14-34(42-35)27-6-8-30(9-7-27)36(37,38)39/h4-14,16-18,25,28-29,33H,15,19-24H2,1-3H3/t28-,29+,33?. The van der Waals surface area contributed by atoms with Gasteiger partial charge in [-0.15, -0.1) is 0 Å². The monoisotopic (exact) mass is 614 g/mol. The van der Waals surface area contributed by atoms with Crippen molar-refractivity contribution in [1.29, 1.82) is 0 Å². The minimum Gasteiger partial charge on any atom is -0.345 e. The third-order valence-corrected chi connectivity index (χ3v) is 9.40. The van der Waals surface area contributed by atoms with E-state index in [0.29, 0.717) is 41.5 Å². The van der Waals surface area contributed by atoms with Crippen molar-refractivity contribution >= 4 is 17.3 Å². The van der Waals surface area contributed by atoms with E-state index in [0.717, 1.165) is 61.5 Å². The fraction of sp³-hybridized carbons (Fsp3) is 0.417. The third-order valence-electron chi connectivity index (χ3n) is 9.40. The summed E-state index contributed by atoms with van der Waals surface area (Å²) in [4.78, 5) is 20.9. The highest BCUT2D eigenvalue weighted by atomic mass is 19.4. The molecule has 1 saturated carbocycles. The van der Waals surface area contributed by atoms with Crippen LogP contribution in [-0.2, 0) is 12.7 Å². The maximum atomic E-state index is 13.2. The van der Waals surface area contributed by atoms with Crippen molar-refractivity contribution in [1.82, 2.24) is 19.9 Å². The third kappa shape index (κ3) is 7.30. The quantitative estimate of drug-likeness (QED) is 0.180. The number of aromatic nitrogens is 3. The van der Waals surface area contributed by atoms with Crippen LogP contribution in [0.2, 0.25) is 0 Å². The average molecular weight is 615 g/mol. The number of benzene rings is 2. The predicted molar refractivity (Wildman–Crippen MR) is 173 cm³/mol. The van der Waals surface area contributed by atoms with Crippen LogP contribution in [0.15, 0.2) is 85.3 Å². The lowest BCUT2D eigenvalue weighted by Gasteiger charge is -2.31. The molecule has 2 aromatic heterocycles. The normalized spacial score (nSPS) is 20.0. The van der Waals surface area contributed by atoms with Gasteiger partial charge in [0, 0.05) is 68.3 Å². The first kappa shape index (κ1) is 31.0. The van der Waals surface area contributed by atoms with E-state index in [1.807, 2.05) is 19.2 Å². The lowest BCUT2D eigenvalue weighted by atomic mass is 10.0. The van der Waals surface area contributed by atoms with E-state index in [-0.39, 0.29) is 6.04 Å². The Hall–Kier alpha value is -3.98. The summed E-state index contributed by atoms with van der Waals surface area (Å²) in [6.45, 7) is 8.67. The molecule has 0 spiro atoms. The molecule has 3 atom stereocenters. The van der Waals surface area contributed by atoms with Gasteiger partial charge in [0.15, 0.2) is 0 Å². The van der Waals surface area contributed by atoms with Gasteiger partial charge in [0.25, 0.3) is 0 Å². The van der Waals surface area contributed by atoms with Crippen LogP contribution in [0.4, 0.5) is 30.5 Å². The van der Waals surface area contributed by atoms with E-state index in [9.17, 15) is 13.2 Å². The molecule has 1 aliphatic carbocycles. The molecule has 1 saturated heterocycles. The molecule has 3 heterocycles. The van der Waals surface area contributed by atoms with Crippen LogP contribution in [-0.4, -0.2) is 52.6 Å². The van der Waals surface area contributed by atoms with Crippen molar-refractivity contribution in [3.8, 4) is 11.3 Å². The van der Waals surface area contributed by atoms with Crippen LogP contribution >= 0.6 is 0 Å². The first-order chi connectivity index (χ1) is 21.6. The van der Waals surface area contributed by atoms with Gasteiger partial charge in [-0.25, -0.2) is 9.97 Å². The minimum atomic E-state index is -4.38. The Bertz CT molecular complexity index is 1530. The molecule has 2 aliphatic rings. The van der Waals surface area contributed by atoms with E-state index >= 15 is 0 Å². The fourth-order valence-corrected chi connectivity index (χ4v) is 6.82. The SMILES string of the molecule is CC(C)CCN1C[C@H]2CC(N(Cc3ccc(N(C)c4ccncc4)cc3)c3nccc(-c4ccc(C(F)(F)F)cc4)n3)C[C@H]2C1. The zero-order valence-corrected chi connectivity index (χ0v) is 26.2. The maximum absolute atomic E-state index is 13.2. The van der Waals surface area contributed by atoms with Gasteiger partial charge in [0.05, 0.1) is 11.3 Å². The molecule has 2 fully saturated rings. The topological polar surface area (TPSA) is 48.4 Å². The number of rotatable bonds is 10. The summed E-state index contributed by atoms with van der Waals surface area (Å²) in [5.74, 6) is 2.63. The van der Waals surface area contributed by atoms with Crippen molar-refractivity contribution in [3.05, 3.63) is 96.4 Å². The summed E-state index contributed by atoms with van der Waals surface area (Å²) in [7, 11) is 2.04. The number of pyridine rings is 1. The maximum Gasteiger partial charge on any atom is 0.416 e. The molecule has 2 aromatic carbocycles. The highest BCUT2D eigenvalue weighted by molar-refractivity contribution is 5.63. The van der Waals surface area contributed by atoms with Gasteiger partial charge < -0.3 is 14.7 Å². The molecule has 236 valence electrons. The number of fused-ring (bicyclic) bond motifs is 1. The number of nitrogens with zero attached hydrogens (tertiary/aromatic N) is 6. The first-order valence-corrected chi connectivity index (χ1v) is 15.9. The summed E-state index contributed by atoms with van der Waals surface area (Å²) in [6, 6.07) is 19.8. The lowest BCUT2D eigenvalue weighted by molar-refractivity contribution is -0.137. The van der Waals surface area contributed by atoms with Crippen LogP contribution in [0.25, 0.3) is 11.3 Å². The Morgan fingerprint density at radius 1 is 0.844 bits per heavy atom. The van der Waals surface area contributed by atoms with Gasteiger partial charge in [-0.3, -0.25) is 4.98 Å². The van der Waals surface area contributed by atoms with Crippen molar-refractivity contribution in [2.24, 2.45) is 17.8 Å². The first-order valence-electron chi connectivity index (χ1n) is 15.9. The molecular formula is C36H41F3N6. The van der Waals surface area contributed by atoms with E-state index in [1.54, 1.807) is 24.7 Å². The predicted octanol–water partition coefficient (Wildman–Crippen LogP) is 8.09. The van der Waals surface area contributed by atoms with Gasteiger partial charge in [0.2, 0.25) is 5.95 Å². The van der Waals surface area contributed by atoms with E-state index in [1.165, 1.54) is 18.6 Å². The second-order valence-corrected chi connectivity index (χ2v) is 13.0. The summed E-state index contributed by atoms with van der Waals surface area (Å²) in [5.41, 5.74) is 3.88. The highest BCUT2D eigenvalue weighted by Gasteiger charge is 2.43. The fourth-order valence-electron chi connectivity index (χ4n) is 6.82. The number of likely N-dealkylation sites (tertiary alicyclic amines) is 1. The second kappa shape index (κ2) is 13.2. The number of alkyl halides is 3. The molecule has 0 N–H and O–H groups in total. The number of hydrogen-bond acceptors (Lipinski definition) is 6. The molecule has 45 heavy (non-hydrogen) atoms. The summed E-state index contributed by atoms with van der Waals surface area (Å²) in [5, 5.41) is 0. The van der Waals surface area contributed by atoms with Crippen LogP contribution in [0.3, 0.4) is 0 Å². The molecule has 6 rings (SSSR count). The molecule has 9 heteroatoms. The molecule has 0 amide bonds. The van der Waals surface area contributed by atoms with E-state index < -0.39 is 11.7 Å². The summed E-state index contributed by atoms with van der Waals surface area (Å²) in [6.07, 6.45) is 4.32. The highest BCUT2D eigenvalue weighted by Crippen LogP contribution is 2.42. The van der Waals surface area contributed by atoms with Crippen LogP contribution in [0.5, 0.6) is 0 Å². The largest absolute Gasteiger partial charge is 0.416 e. The molecule has 0 bridgehead atoms. The Balaban J connectivity index is 1.24. The number of anilines is 3. The molecule has 1 aliphatic heterocycles. The molecule has 6 nitrogen and oxygen atoms in total. The molecule has 4 aromatic rings. The van der Waals surface area contributed by atoms with Gasteiger partial charge in [-0.1, -0.05) is 38.1 Å². The van der Waals surface area contributed by atoms with E-state index in [2.05, 4.69) is 57.8 Å². The molecular weight excluding hydrogens is 573 g/mol. The molecule has 0 radical (unpaired) electrons. The number of halogens is 3. The van der Waals surface area contributed by atoms with Gasteiger partial charge >= 0.3 is 6.18 Å². The van der Waals surface area contributed by atoms with Crippen molar-refractivity contribution < 1.29 is 13.2 Å². The zero-order valence-electron chi connectivity index (χ0n) is 26.2. The van der Waals surface area contributed by atoms with Crippen molar-refractivity contribution in [2.75, 3.05) is 36.5 Å². The summed E-state index contributed by atoms with van der Waals surface area (Å²) >= 11 is 0.